The van der Waals surface area contributed by atoms with E-state index in [0.717, 1.165) is 58.1 Å². The molecule has 0 radical (unpaired) electrons. The molecule has 1 saturated heterocycles. The largest absolute Gasteiger partial charge is 0.379 e. The Hall–Kier alpha value is -0.650. The standard InChI is InChI=1S/C21H41NO4/c1-5-9-13-24-17-18-21(26-15-11-7-3)19(25-14-10-6-2)16-20(23)22(18)12-8-4/h18-19,21H,5-17H2,1-4H3/t18?,19-,21?/m1/s1. The van der Waals surface area contributed by atoms with Crippen LogP contribution < -0.4 is 0 Å². The van der Waals surface area contributed by atoms with Crippen LogP contribution in [0, 0.1) is 0 Å². The molecule has 1 aliphatic heterocycles. The molecule has 0 spiro atoms. The molecule has 3 atom stereocenters. The molecule has 0 aromatic heterocycles. The van der Waals surface area contributed by atoms with Gasteiger partial charge in [0.15, 0.2) is 0 Å². The molecule has 1 heterocycles. The molecule has 0 aromatic rings. The summed E-state index contributed by atoms with van der Waals surface area (Å²) in [6.07, 6.45) is 7.52. The van der Waals surface area contributed by atoms with Crippen molar-refractivity contribution in [1.29, 1.82) is 0 Å². The van der Waals surface area contributed by atoms with E-state index in [0.29, 0.717) is 26.2 Å². The van der Waals surface area contributed by atoms with Crippen molar-refractivity contribution >= 4 is 5.91 Å². The van der Waals surface area contributed by atoms with Gasteiger partial charge in [-0.05, 0) is 25.7 Å². The molecule has 0 bridgehead atoms. The van der Waals surface area contributed by atoms with Crippen molar-refractivity contribution < 1.29 is 19.0 Å². The van der Waals surface area contributed by atoms with Gasteiger partial charge in [0.25, 0.3) is 0 Å². The number of hydrogen-bond acceptors (Lipinski definition) is 4. The van der Waals surface area contributed by atoms with E-state index < -0.39 is 0 Å². The van der Waals surface area contributed by atoms with E-state index in [9.17, 15) is 4.79 Å². The van der Waals surface area contributed by atoms with Crippen molar-refractivity contribution in [1.82, 2.24) is 4.90 Å². The highest BCUT2D eigenvalue weighted by atomic mass is 16.5. The van der Waals surface area contributed by atoms with Crippen LogP contribution in [0.3, 0.4) is 0 Å². The average molecular weight is 372 g/mol. The third-order valence-corrected chi connectivity index (χ3v) is 4.88. The molecule has 1 rings (SSSR count). The number of ether oxygens (including phenoxy) is 3. The number of amides is 1. The van der Waals surface area contributed by atoms with Gasteiger partial charge in [-0.1, -0.05) is 47.0 Å². The van der Waals surface area contributed by atoms with E-state index in [1.807, 2.05) is 4.90 Å². The predicted octanol–water partition coefficient (Wildman–Crippen LogP) is 4.18. The normalized spacial score (nSPS) is 23.6. The number of carbonyl (C=O) groups is 1. The van der Waals surface area contributed by atoms with Gasteiger partial charge in [-0.25, -0.2) is 0 Å². The van der Waals surface area contributed by atoms with Crippen molar-refractivity contribution in [2.45, 2.75) is 97.3 Å². The Bertz CT molecular complexity index is 364. The smallest absolute Gasteiger partial charge is 0.225 e. The van der Waals surface area contributed by atoms with Crippen LogP contribution in [0.15, 0.2) is 0 Å². The Balaban J connectivity index is 2.84. The summed E-state index contributed by atoms with van der Waals surface area (Å²) in [5, 5.41) is 0. The summed E-state index contributed by atoms with van der Waals surface area (Å²) in [5.74, 6) is 0.174. The summed E-state index contributed by atoms with van der Waals surface area (Å²) in [6.45, 7) is 12.0. The Morgan fingerprint density at radius 2 is 1.50 bits per heavy atom. The van der Waals surface area contributed by atoms with Crippen molar-refractivity contribution in [3.05, 3.63) is 0 Å². The summed E-state index contributed by atoms with van der Waals surface area (Å²) in [5.41, 5.74) is 0. The van der Waals surface area contributed by atoms with Gasteiger partial charge >= 0.3 is 0 Å². The van der Waals surface area contributed by atoms with E-state index in [4.69, 9.17) is 14.2 Å². The lowest BCUT2D eigenvalue weighted by Crippen LogP contribution is -2.60. The number of piperidine rings is 1. The van der Waals surface area contributed by atoms with Crippen LogP contribution >= 0.6 is 0 Å². The summed E-state index contributed by atoms with van der Waals surface area (Å²) in [7, 11) is 0. The molecule has 5 nitrogen and oxygen atoms in total. The predicted molar refractivity (Wildman–Crippen MR) is 105 cm³/mol. The fourth-order valence-corrected chi connectivity index (χ4v) is 3.30. The Kier molecular flexibility index (Phi) is 13.0. The van der Waals surface area contributed by atoms with Gasteiger partial charge in [-0.2, -0.15) is 0 Å². The van der Waals surface area contributed by atoms with E-state index in [2.05, 4.69) is 27.7 Å². The maximum Gasteiger partial charge on any atom is 0.225 e. The zero-order chi connectivity index (χ0) is 19.2. The van der Waals surface area contributed by atoms with Crippen LogP contribution in [-0.4, -0.2) is 62.0 Å². The number of rotatable bonds is 15. The maximum atomic E-state index is 12.7. The van der Waals surface area contributed by atoms with Crippen molar-refractivity contribution in [3.63, 3.8) is 0 Å². The summed E-state index contributed by atoms with van der Waals surface area (Å²) in [4.78, 5) is 14.7. The van der Waals surface area contributed by atoms with Gasteiger partial charge in [0.2, 0.25) is 5.91 Å². The van der Waals surface area contributed by atoms with E-state index in [1.165, 1.54) is 0 Å². The van der Waals surface area contributed by atoms with Crippen LogP contribution in [-0.2, 0) is 19.0 Å². The first kappa shape index (κ1) is 23.4. The monoisotopic (exact) mass is 371 g/mol. The van der Waals surface area contributed by atoms with Gasteiger partial charge in [0, 0.05) is 26.4 Å². The van der Waals surface area contributed by atoms with Crippen LogP contribution in [0.1, 0.15) is 79.1 Å². The van der Waals surface area contributed by atoms with Gasteiger partial charge in [-0.3, -0.25) is 4.79 Å². The Morgan fingerprint density at radius 3 is 2.12 bits per heavy atom. The van der Waals surface area contributed by atoms with Crippen molar-refractivity contribution in [2.75, 3.05) is 33.0 Å². The molecule has 0 N–H and O–H groups in total. The van der Waals surface area contributed by atoms with Gasteiger partial charge in [-0.15, -0.1) is 0 Å². The van der Waals surface area contributed by atoms with Crippen molar-refractivity contribution in [3.8, 4) is 0 Å². The lowest BCUT2D eigenvalue weighted by molar-refractivity contribution is -0.172. The minimum Gasteiger partial charge on any atom is -0.379 e. The molecule has 1 aliphatic rings. The molecule has 0 saturated carbocycles. The first-order chi connectivity index (χ1) is 12.7. The SMILES string of the molecule is CCCCOCC1C(OCCCC)[C@H](OCCCC)CC(=O)N1CCC. The van der Waals surface area contributed by atoms with E-state index in [1.54, 1.807) is 0 Å². The van der Waals surface area contributed by atoms with E-state index in [-0.39, 0.29) is 24.2 Å². The minimum atomic E-state index is -0.154. The molecule has 154 valence electrons. The first-order valence-corrected chi connectivity index (χ1v) is 10.8. The third-order valence-electron chi connectivity index (χ3n) is 4.88. The molecule has 2 unspecified atom stereocenters. The minimum absolute atomic E-state index is 0.0449. The van der Waals surface area contributed by atoms with Crippen LogP contribution in [0.2, 0.25) is 0 Å². The molecule has 26 heavy (non-hydrogen) atoms. The Labute approximate surface area is 160 Å². The fourth-order valence-electron chi connectivity index (χ4n) is 3.30. The highest BCUT2D eigenvalue weighted by Gasteiger charge is 2.43. The molecule has 0 aliphatic carbocycles. The van der Waals surface area contributed by atoms with Gasteiger partial charge < -0.3 is 19.1 Å². The zero-order valence-corrected chi connectivity index (χ0v) is 17.5. The highest BCUT2D eigenvalue weighted by molar-refractivity contribution is 5.78. The molecule has 1 amide bonds. The zero-order valence-electron chi connectivity index (χ0n) is 17.5. The second-order valence-corrected chi connectivity index (χ2v) is 7.24. The van der Waals surface area contributed by atoms with Gasteiger partial charge in [0.1, 0.15) is 6.10 Å². The molecular formula is C21H41NO4. The first-order valence-electron chi connectivity index (χ1n) is 10.8. The quantitative estimate of drug-likeness (QED) is 0.405. The average Bonchev–Trinajstić information content (AvgIpc) is 2.63. The Morgan fingerprint density at radius 1 is 0.885 bits per heavy atom. The number of nitrogens with zero attached hydrogens (tertiary/aromatic N) is 1. The summed E-state index contributed by atoms with van der Waals surface area (Å²) < 4.78 is 18.3. The number of likely N-dealkylation sites (tertiary alicyclic amines) is 1. The second-order valence-electron chi connectivity index (χ2n) is 7.24. The summed E-state index contributed by atoms with van der Waals surface area (Å²) >= 11 is 0. The lowest BCUT2D eigenvalue weighted by Gasteiger charge is -2.44. The summed E-state index contributed by atoms with van der Waals surface area (Å²) in [6, 6.07) is -0.0449. The van der Waals surface area contributed by atoms with Crippen molar-refractivity contribution in [2.24, 2.45) is 0 Å². The lowest BCUT2D eigenvalue weighted by atomic mass is 9.94. The number of carbonyl (C=O) groups excluding carboxylic acids is 1. The molecule has 5 heteroatoms. The topological polar surface area (TPSA) is 48.0 Å². The maximum absolute atomic E-state index is 12.7. The fraction of sp³-hybridized carbons (Fsp3) is 0.952. The van der Waals surface area contributed by atoms with Crippen LogP contribution in [0.4, 0.5) is 0 Å². The second kappa shape index (κ2) is 14.4. The number of hydrogen-bond donors (Lipinski definition) is 0. The molecule has 1 fully saturated rings. The number of unbranched alkanes of at least 4 members (excludes halogenated alkanes) is 3. The van der Waals surface area contributed by atoms with Crippen LogP contribution in [0.5, 0.6) is 0 Å². The van der Waals surface area contributed by atoms with Crippen LogP contribution in [0.25, 0.3) is 0 Å². The van der Waals surface area contributed by atoms with Gasteiger partial charge in [0.05, 0.1) is 25.2 Å². The molecule has 0 aromatic carbocycles. The van der Waals surface area contributed by atoms with E-state index >= 15 is 0 Å². The molecular weight excluding hydrogens is 330 g/mol. The third kappa shape index (κ3) is 7.93. The highest BCUT2D eigenvalue weighted by Crippen LogP contribution is 2.26.